The molecular weight excluding hydrogens is 231 g/mol. The number of nitrogens with one attached hydrogen (secondary N) is 1. The van der Waals surface area contributed by atoms with Crippen molar-refractivity contribution < 1.29 is 13.2 Å². The molecule has 0 fully saturated rings. The Kier molecular flexibility index (Phi) is 2.49. The van der Waals surface area contributed by atoms with Crippen LogP contribution in [0.1, 0.15) is 16.7 Å². The van der Waals surface area contributed by atoms with E-state index in [1.165, 1.54) is 6.07 Å². The van der Waals surface area contributed by atoms with Crippen LogP contribution in [0.5, 0.6) is 0 Å². The Bertz CT molecular complexity index is 640. The van der Waals surface area contributed by atoms with Crippen molar-refractivity contribution in [2.45, 2.75) is 20.0 Å². The van der Waals surface area contributed by atoms with E-state index in [0.29, 0.717) is 11.6 Å². The van der Waals surface area contributed by atoms with Gasteiger partial charge in [-0.25, -0.2) is 0 Å². The van der Waals surface area contributed by atoms with Crippen LogP contribution in [0.3, 0.4) is 0 Å². The van der Waals surface area contributed by atoms with Gasteiger partial charge >= 0.3 is 6.18 Å². The second-order valence-electron chi connectivity index (χ2n) is 3.98. The highest BCUT2D eigenvalue weighted by Crippen LogP contribution is 2.34. The highest BCUT2D eigenvalue weighted by atomic mass is 19.4. The number of benzene rings is 1. The topological polar surface area (TPSA) is 32.9 Å². The molecule has 0 bridgehead atoms. The fourth-order valence-electron chi connectivity index (χ4n) is 1.80. The summed E-state index contributed by atoms with van der Waals surface area (Å²) in [5.74, 6) is 0. The summed E-state index contributed by atoms with van der Waals surface area (Å²) < 4.78 is 38.3. The summed E-state index contributed by atoms with van der Waals surface area (Å²) in [6.45, 7) is 3.47. The summed E-state index contributed by atoms with van der Waals surface area (Å²) in [5.41, 5.74) is 0.126. The molecule has 2 rings (SSSR count). The highest BCUT2D eigenvalue weighted by molar-refractivity contribution is 5.86. The number of rotatable bonds is 0. The molecule has 0 radical (unpaired) electrons. The number of aromatic amines is 1. The van der Waals surface area contributed by atoms with Crippen molar-refractivity contribution in [1.82, 2.24) is 4.98 Å². The van der Waals surface area contributed by atoms with E-state index in [-0.39, 0.29) is 10.9 Å². The first kappa shape index (κ1) is 11.7. The number of H-pyrrole nitrogens is 1. The normalized spacial score (nSPS) is 12.1. The minimum atomic E-state index is -4.52. The van der Waals surface area contributed by atoms with Crippen LogP contribution in [-0.2, 0) is 6.18 Å². The number of aryl methyl sites for hydroxylation is 2. The molecular formula is C12H10F3NO. The molecule has 90 valence electrons. The first-order chi connectivity index (χ1) is 7.80. The first-order valence-electron chi connectivity index (χ1n) is 5.01. The number of alkyl halides is 3. The van der Waals surface area contributed by atoms with Crippen LogP contribution in [0, 0.1) is 13.8 Å². The molecule has 0 aliphatic heterocycles. The molecule has 5 heteroatoms. The Hall–Kier alpha value is -1.78. The third-order valence-electron chi connectivity index (χ3n) is 2.86. The lowest BCUT2D eigenvalue weighted by Gasteiger charge is -2.12. The van der Waals surface area contributed by atoms with E-state index in [4.69, 9.17) is 0 Å². The predicted octanol–water partition coefficient (Wildman–Crippen LogP) is 3.16. The average molecular weight is 241 g/mol. The zero-order valence-electron chi connectivity index (χ0n) is 9.27. The first-order valence-corrected chi connectivity index (χ1v) is 5.01. The fraction of sp³-hybridized carbons (Fsp3) is 0.250. The van der Waals surface area contributed by atoms with E-state index < -0.39 is 17.3 Å². The van der Waals surface area contributed by atoms with Crippen LogP contribution >= 0.6 is 0 Å². The van der Waals surface area contributed by atoms with Crippen molar-refractivity contribution in [2.75, 3.05) is 0 Å². The largest absolute Gasteiger partial charge is 0.417 e. The van der Waals surface area contributed by atoms with Crippen LogP contribution in [0.15, 0.2) is 23.0 Å². The highest BCUT2D eigenvalue weighted by Gasteiger charge is 2.33. The molecule has 0 aliphatic carbocycles. The number of aromatic nitrogens is 1. The van der Waals surface area contributed by atoms with Gasteiger partial charge in [0.2, 0.25) is 5.56 Å². The molecule has 1 heterocycles. The molecule has 1 aromatic heterocycles. The van der Waals surface area contributed by atoms with Gasteiger partial charge in [0.25, 0.3) is 0 Å². The molecule has 1 N–H and O–H groups in total. The standard InChI is InChI=1S/C12H10F3NO/c1-6-3-4-8-9(12(13,14)15)5-10(17)16-11(8)7(6)2/h3-5H,1-2H3,(H,16,17). The van der Waals surface area contributed by atoms with Gasteiger partial charge in [-0.3, -0.25) is 4.79 Å². The van der Waals surface area contributed by atoms with Gasteiger partial charge in [0.1, 0.15) is 0 Å². The molecule has 17 heavy (non-hydrogen) atoms. The van der Waals surface area contributed by atoms with Crippen LogP contribution < -0.4 is 5.56 Å². The average Bonchev–Trinajstić information content (AvgIpc) is 2.22. The Balaban J connectivity index is 2.97. The molecule has 1 aromatic carbocycles. The van der Waals surface area contributed by atoms with E-state index in [2.05, 4.69) is 4.98 Å². The SMILES string of the molecule is Cc1ccc2c(C(F)(F)F)cc(=O)[nH]c2c1C. The van der Waals surface area contributed by atoms with Crippen molar-refractivity contribution in [3.05, 3.63) is 45.2 Å². The third-order valence-corrected chi connectivity index (χ3v) is 2.86. The Morgan fingerprint density at radius 2 is 1.82 bits per heavy atom. The van der Waals surface area contributed by atoms with Gasteiger partial charge in [-0.05, 0) is 25.0 Å². The van der Waals surface area contributed by atoms with Crippen LogP contribution in [0.2, 0.25) is 0 Å². The van der Waals surface area contributed by atoms with Gasteiger partial charge in [0.05, 0.1) is 11.1 Å². The van der Waals surface area contributed by atoms with Gasteiger partial charge in [-0.1, -0.05) is 12.1 Å². The summed E-state index contributed by atoms with van der Waals surface area (Å²) >= 11 is 0. The maximum absolute atomic E-state index is 12.8. The monoisotopic (exact) mass is 241 g/mol. The van der Waals surface area contributed by atoms with Crippen LogP contribution in [0.4, 0.5) is 13.2 Å². The minimum absolute atomic E-state index is 0.0280. The zero-order valence-corrected chi connectivity index (χ0v) is 9.27. The Labute approximate surface area is 95.1 Å². The lowest BCUT2D eigenvalue weighted by Crippen LogP contribution is -2.14. The Morgan fingerprint density at radius 3 is 2.41 bits per heavy atom. The van der Waals surface area contributed by atoms with Crippen LogP contribution in [0.25, 0.3) is 10.9 Å². The molecule has 0 saturated carbocycles. The second-order valence-corrected chi connectivity index (χ2v) is 3.98. The smallest absolute Gasteiger partial charge is 0.322 e. The van der Waals surface area contributed by atoms with E-state index in [0.717, 1.165) is 5.56 Å². The van der Waals surface area contributed by atoms with E-state index in [9.17, 15) is 18.0 Å². The van der Waals surface area contributed by atoms with Crippen molar-refractivity contribution in [2.24, 2.45) is 0 Å². The van der Waals surface area contributed by atoms with Gasteiger partial charge in [0, 0.05) is 11.5 Å². The van der Waals surface area contributed by atoms with E-state index >= 15 is 0 Å². The van der Waals surface area contributed by atoms with E-state index in [1.54, 1.807) is 19.9 Å². The molecule has 0 saturated heterocycles. The van der Waals surface area contributed by atoms with Crippen molar-refractivity contribution >= 4 is 10.9 Å². The summed E-state index contributed by atoms with van der Waals surface area (Å²) in [7, 11) is 0. The number of hydrogen-bond acceptors (Lipinski definition) is 1. The number of hydrogen-bond donors (Lipinski definition) is 1. The zero-order chi connectivity index (χ0) is 12.8. The molecule has 0 aliphatic rings. The second kappa shape index (κ2) is 3.61. The van der Waals surface area contributed by atoms with Crippen molar-refractivity contribution in [3.8, 4) is 0 Å². The predicted molar refractivity (Wildman–Crippen MR) is 59.0 cm³/mol. The summed E-state index contributed by atoms with van der Waals surface area (Å²) in [6, 6.07) is 3.60. The summed E-state index contributed by atoms with van der Waals surface area (Å²) in [6.07, 6.45) is -4.52. The molecule has 0 spiro atoms. The lowest BCUT2D eigenvalue weighted by molar-refractivity contribution is -0.136. The fourth-order valence-corrected chi connectivity index (χ4v) is 1.80. The molecule has 0 amide bonds. The lowest BCUT2D eigenvalue weighted by atomic mass is 10.0. The van der Waals surface area contributed by atoms with Gasteiger partial charge in [0.15, 0.2) is 0 Å². The minimum Gasteiger partial charge on any atom is -0.322 e. The molecule has 2 nitrogen and oxygen atoms in total. The third kappa shape index (κ3) is 1.92. The van der Waals surface area contributed by atoms with Crippen molar-refractivity contribution in [1.29, 1.82) is 0 Å². The van der Waals surface area contributed by atoms with E-state index in [1.807, 2.05) is 0 Å². The molecule has 2 aromatic rings. The molecule has 0 atom stereocenters. The van der Waals surface area contributed by atoms with Crippen LogP contribution in [-0.4, -0.2) is 4.98 Å². The van der Waals surface area contributed by atoms with Crippen molar-refractivity contribution in [3.63, 3.8) is 0 Å². The Morgan fingerprint density at radius 1 is 1.18 bits per heavy atom. The van der Waals surface area contributed by atoms with Gasteiger partial charge < -0.3 is 4.98 Å². The number of pyridine rings is 1. The maximum atomic E-state index is 12.8. The molecule has 0 unspecified atom stereocenters. The summed E-state index contributed by atoms with van der Waals surface area (Å²) in [4.78, 5) is 13.7. The number of fused-ring (bicyclic) bond motifs is 1. The maximum Gasteiger partial charge on any atom is 0.417 e. The van der Waals surface area contributed by atoms with Gasteiger partial charge in [-0.2, -0.15) is 13.2 Å². The number of halogens is 3. The van der Waals surface area contributed by atoms with Gasteiger partial charge in [-0.15, -0.1) is 0 Å². The quantitative estimate of drug-likeness (QED) is 0.755. The summed E-state index contributed by atoms with van der Waals surface area (Å²) in [5, 5.41) is 0.0280.